The number of aliphatic hydroxyl groups is 1. The van der Waals surface area contributed by atoms with Crippen molar-refractivity contribution in [2.45, 2.75) is 35.1 Å². The molecule has 6 atom stereocenters. The van der Waals surface area contributed by atoms with E-state index < -0.39 is 63.6 Å². The molecule has 3 aromatic rings. The zero-order valence-electron chi connectivity index (χ0n) is 23.1. The van der Waals surface area contributed by atoms with Crippen LogP contribution in [0.1, 0.15) is 35.8 Å². The Hall–Kier alpha value is -4.05. The molecule has 0 bridgehead atoms. The molecule has 2 saturated heterocycles. The number of carbonyl (C=O) groups is 4. The lowest BCUT2D eigenvalue weighted by Gasteiger charge is -2.49. The summed E-state index contributed by atoms with van der Waals surface area (Å²) in [5, 5.41) is 9.73. The molecular weight excluding hydrogens is 610 g/mol. The predicted molar refractivity (Wildman–Crippen MR) is 160 cm³/mol. The number of fused-ring (bicyclic) bond motifs is 4. The smallest absolute Gasteiger partial charge is 0.258 e. The van der Waals surface area contributed by atoms with Gasteiger partial charge in [-0.05, 0) is 72.9 Å². The fourth-order valence-corrected chi connectivity index (χ4v) is 8.28. The van der Waals surface area contributed by atoms with Crippen LogP contribution in [0.4, 0.5) is 15.8 Å². The van der Waals surface area contributed by atoms with E-state index in [4.69, 9.17) is 27.6 Å². The van der Waals surface area contributed by atoms with Gasteiger partial charge in [0.25, 0.3) is 11.8 Å². The van der Waals surface area contributed by atoms with E-state index in [0.29, 0.717) is 11.3 Å². The minimum absolute atomic E-state index is 0.0844. The van der Waals surface area contributed by atoms with Gasteiger partial charge in [-0.15, -0.1) is 23.2 Å². The van der Waals surface area contributed by atoms with Crippen LogP contribution < -0.4 is 9.80 Å². The first-order valence-electron chi connectivity index (χ1n) is 14.1. The molecule has 44 heavy (non-hydrogen) atoms. The lowest BCUT2D eigenvalue weighted by atomic mass is 9.57. The van der Waals surface area contributed by atoms with Gasteiger partial charge in [0.2, 0.25) is 11.8 Å². The Morgan fingerprint density at radius 3 is 2.20 bits per heavy atom. The van der Waals surface area contributed by atoms with Crippen LogP contribution in [0.3, 0.4) is 0 Å². The molecule has 1 N–H and O–H groups in total. The van der Waals surface area contributed by atoms with Gasteiger partial charge in [0.05, 0.1) is 29.1 Å². The first-order chi connectivity index (χ1) is 21.0. The van der Waals surface area contributed by atoms with Gasteiger partial charge in [-0.2, -0.15) is 0 Å². The van der Waals surface area contributed by atoms with Crippen molar-refractivity contribution in [3.63, 3.8) is 0 Å². The van der Waals surface area contributed by atoms with Crippen LogP contribution in [0.5, 0.6) is 0 Å². The number of amides is 4. The predicted octanol–water partition coefficient (Wildman–Crippen LogP) is 5.32. The number of rotatable bonds is 5. The first kappa shape index (κ1) is 28.7. The van der Waals surface area contributed by atoms with Gasteiger partial charge in [-0.25, -0.2) is 9.29 Å². The molecule has 1 aromatic heterocycles. The summed E-state index contributed by atoms with van der Waals surface area (Å²) < 4.78 is 19.7. The second-order valence-corrected chi connectivity index (χ2v) is 12.8. The molecule has 11 heteroatoms. The number of allylic oxidation sites excluding steroid dienone is 2. The zero-order valence-corrected chi connectivity index (χ0v) is 24.6. The van der Waals surface area contributed by atoms with E-state index in [0.717, 1.165) is 22.6 Å². The fourth-order valence-electron chi connectivity index (χ4n) is 7.36. The van der Waals surface area contributed by atoms with E-state index in [2.05, 4.69) is 6.58 Å². The normalized spacial score (nSPS) is 31.1. The number of hydrogen-bond acceptors (Lipinski definition) is 6. The van der Waals surface area contributed by atoms with E-state index in [9.17, 15) is 28.7 Å². The van der Waals surface area contributed by atoms with Gasteiger partial charge in [-0.1, -0.05) is 36.4 Å². The number of imide groups is 2. The highest BCUT2D eigenvalue weighted by Gasteiger charge is 2.77. The number of benzene rings is 2. The summed E-state index contributed by atoms with van der Waals surface area (Å²) in [4.78, 5) is 54.2. The average molecular weight is 635 g/mol. The molecule has 2 aliphatic heterocycles. The Bertz CT molecular complexity index is 1790. The maximum absolute atomic E-state index is 14.3. The highest BCUT2D eigenvalue weighted by Crippen LogP contribution is 2.66. The quantitative estimate of drug-likeness (QED) is 0.231. The summed E-state index contributed by atoms with van der Waals surface area (Å²) in [6.45, 7) is 3.31. The monoisotopic (exact) mass is 634 g/mol. The molecule has 224 valence electrons. The molecule has 1 saturated carbocycles. The van der Waals surface area contributed by atoms with Gasteiger partial charge in [0.15, 0.2) is 9.75 Å². The van der Waals surface area contributed by atoms with E-state index in [1.165, 1.54) is 23.1 Å². The fraction of sp³-hybridized carbons (Fsp3) is 0.273. The summed E-state index contributed by atoms with van der Waals surface area (Å²) in [6, 6.07) is 14.7. The summed E-state index contributed by atoms with van der Waals surface area (Å²) in [5.74, 6) is -6.10. The maximum atomic E-state index is 14.3. The second-order valence-electron chi connectivity index (χ2n) is 11.5. The number of hydrogen-bond donors (Lipinski definition) is 1. The lowest BCUT2D eigenvalue weighted by Crippen LogP contribution is -2.60. The van der Waals surface area contributed by atoms with Crippen molar-refractivity contribution < 1.29 is 33.1 Å². The topological polar surface area (TPSA) is 108 Å². The SMILES string of the molecule is C=Cc1ccc(N2C(=O)C3CC=C4C(CC5(Cl)C(=O)N(c6ccc(F)cc6)C(=O)C5(Cl)C4c4ccc(CO)o4)C3C2=O)cc1. The molecule has 7 rings (SSSR count). The maximum Gasteiger partial charge on any atom is 0.258 e. The van der Waals surface area contributed by atoms with Crippen molar-refractivity contribution in [2.75, 3.05) is 9.80 Å². The summed E-state index contributed by atoms with van der Waals surface area (Å²) in [7, 11) is 0. The molecule has 2 aromatic carbocycles. The van der Waals surface area contributed by atoms with Crippen molar-refractivity contribution in [3.05, 3.63) is 102 Å². The number of halogens is 3. The Kier molecular flexibility index (Phi) is 6.51. The number of alkyl halides is 2. The standard InChI is InChI=1S/C33H25Cl2FN2O6/c1-2-17-3-7-19(8-4-17)37-28(40)23-13-12-22-24(26(23)29(37)41)15-32(34)30(42)38(20-9-5-18(36)6-10-20)31(43)33(32,35)27(22)25-14-11-21(16-39)44-25/h2-12,14,23-24,26-27,39H,1,13,15-16H2. The molecule has 3 fully saturated rings. The number of furan rings is 1. The Labute approximate surface area is 261 Å². The molecule has 3 heterocycles. The van der Waals surface area contributed by atoms with E-state index in [1.54, 1.807) is 42.5 Å². The number of carbonyl (C=O) groups excluding carboxylic acids is 4. The van der Waals surface area contributed by atoms with Crippen LogP contribution >= 0.6 is 23.2 Å². The average Bonchev–Trinajstić information content (AvgIpc) is 3.64. The minimum atomic E-state index is -2.11. The Morgan fingerprint density at radius 1 is 0.909 bits per heavy atom. The van der Waals surface area contributed by atoms with Gasteiger partial charge in [-0.3, -0.25) is 24.1 Å². The Morgan fingerprint density at radius 2 is 1.57 bits per heavy atom. The van der Waals surface area contributed by atoms with Crippen molar-refractivity contribution in [1.29, 1.82) is 0 Å². The molecule has 4 amide bonds. The van der Waals surface area contributed by atoms with Gasteiger partial charge < -0.3 is 9.52 Å². The first-order valence-corrected chi connectivity index (χ1v) is 14.8. The third kappa shape index (κ3) is 3.72. The second kappa shape index (κ2) is 9.99. The minimum Gasteiger partial charge on any atom is -0.463 e. The van der Waals surface area contributed by atoms with Crippen LogP contribution in [0.15, 0.2) is 83.3 Å². The molecule has 0 radical (unpaired) electrons. The summed E-state index contributed by atoms with van der Waals surface area (Å²) in [5.41, 5.74) is 1.88. The summed E-state index contributed by atoms with van der Waals surface area (Å²) in [6.07, 6.45) is 3.43. The molecular formula is C33H25Cl2FN2O6. The number of anilines is 2. The zero-order chi connectivity index (χ0) is 31.1. The molecule has 0 spiro atoms. The van der Waals surface area contributed by atoms with E-state index >= 15 is 0 Å². The van der Waals surface area contributed by atoms with Gasteiger partial charge >= 0.3 is 0 Å². The van der Waals surface area contributed by atoms with Crippen molar-refractivity contribution >= 4 is 64.3 Å². The molecule has 8 nitrogen and oxygen atoms in total. The largest absolute Gasteiger partial charge is 0.463 e. The van der Waals surface area contributed by atoms with Gasteiger partial charge in [0.1, 0.15) is 23.9 Å². The number of aliphatic hydroxyl groups excluding tert-OH is 1. The molecule has 6 unspecified atom stereocenters. The Balaban J connectivity index is 1.37. The van der Waals surface area contributed by atoms with Crippen LogP contribution in [-0.4, -0.2) is 38.5 Å². The van der Waals surface area contributed by atoms with E-state index in [-0.39, 0.29) is 36.0 Å². The molecule has 4 aliphatic rings. The highest BCUT2D eigenvalue weighted by molar-refractivity contribution is 6.58. The van der Waals surface area contributed by atoms with Crippen molar-refractivity contribution in [2.24, 2.45) is 17.8 Å². The van der Waals surface area contributed by atoms with Crippen molar-refractivity contribution in [1.82, 2.24) is 0 Å². The third-order valence-corrected chi connectivity index (χ3v) is 10.8. The highest BCUT2D eigenvalue weighted by atomic mass is 35.5. The number of nitrogens with zero attached hydrogens (tertiary/aromatic N) is 2. The van der Waals surface area contributed by atoms with Crippen LogP contribution in [-0.2, 0) is 25.8 Å². The van der Waals surface area contributed by atoms with E-state index in [1.807, 2.05) is 0 Å². The van der Waals surface area contributed by atoms with Crippen molar-refractivity contribution in [3.8, 4) is 0 Å². The summed E-state index contributed by atoms with van der Waals surface area (Å²) >= 11 is 14.6. The third-order valence-electron chi connectivity index (χ3n) is 9.41. The van der Waals surface area contributed by atoms with Crippen LogP contribution in [0.2, 0.25) is 0 Å². The van der Waals surface area contributed by atoms with Crippen LogP contribution in [0, 0.1) is 23.6 Å². The van der Waals surface area contributed by atoms with Gasteiger partial charge in [0, 0.05) is 0 Å². The lowest BCUT2D eigenvalue weighted by molar-refractivity contribution is -0.125. The molecule has 2 aliphatic carbocycles. The van der Waals surface area contributed by atoms with Crippen LogP contribution in [0.25, 0.3) is 6.08 Å².